The zero-order chi connectivity index (χ0) is 13.1. The molecule has 0 radical (unpaired) electrons. The molecule has 0 amide bonds. The monoisotopic (exact) mass is 253 g/mol. The van der Waals surface area contributed by atoms with E-state index in [1.165, 1.54) is 0 Å². The fourth-order valence-corrected chi connectivity index (χ4v) is 1.80. The smallest absolute Gasteiger partial charge is 0.102 e. The maximum absolute atomic E-state index is 9.04. The lowest BCUT2D eigenvalue weighted by atomic mass is 10.0. The second-order valence-corrected chi connectivity index (χ2v) is 4.18. The molecule has 0 aliphatic heterocycles. The Balaban J connectivity index is 2.61. The van der Waals surface area contributed by atoms with E-state index in [0.717, 1.165) is 5.56 Å². The van der Waals surface area contributed by atoms with Gasteiger partial charge in [-0.3, -0.25) is 4.98 Å². The summed E-state index contributed by atoms with van der Waals surface area (Å²) in [4.78, 5) is 4.34. The van der Waals surface area contributed by atoms with Crippen molar-refractivity contribution in [2.24, 2.45) is 0 Å². The van der Waals surface area contributed by atoms with E-state index in [1.807, 2.05) is 24.3 Å². The zero-order valence-electron chi connectivity index (χ0n) is 9.61. The van der Waals surface area contributed by atoms with Crippen LogP contribution in [0.15, 0.2) is 30.3 Å². The standard InChI is InChI=1S/C14H8ClN3/c1-9-13(8-17)11(7-16)6-14(18-9)10-2-4-12(15)5-3-10/h2-6H,1H3. The highest BCUT2D eigenvalue weighted by Crippen LogP contribution is 2.23. The number of aryl methyl sites for hydroxylation is 1. The van der Waals surface area contributed by atoms with Gasteiger partial charge in [-0.1, -0.05) is 23.7 Å². The fraction of sp³-hybridized carbons (Fsp3) is 0.0714. The van der Waals surface area contributed by atoms with Crippen LogP contribution in [0.1, 0.15) is 16.8 Å². The molecule has 2 rings (SSSR count). The topological polar surface area (TPSA) is 60.5 Å². The lowest BCUT2D eigenvalue weighted by Crippen LogP contribution is -1.95. The number of hydrogen-bond acceptors (Lipinski definition) is 3. The summed E-state index contributed by atoms with van der Waals surface area (Å²) in [5.74, 6) is 0. The molecule has 0 aliphatic rings. The Morgan fingerprint density at radius 3 is 2.33 bits per heavy atom. The Labute approximate surface area is 110 Å². The average molecular weight is 254 g/mol. The molecule has 1 aromatic carbocycles. The first-order chi connectivity index (χ1) is 8.65. The van der Waals surface area contributed by atoms with Gasteiger partial charge in [-0.2, -0.15) is 10.5 Å². The first kappa shape index (κ1) is 12.1. The van der Waals surface area contributed by atoms with Crippen LogP contribution in [-0.2, 0) is 0 Å². The third kappa shape index (κ3) is 2.18. The lowest BCUT2D eigenvalue weighted by Gasteiger charge is -2.05. The van der Waals surface area contributed by atoms with Crippen molar-refractivity contribution in [2.75, 3.05) is 0 Å². The molecule has 86 valence electrons. The Morgan fingerprint density at radius 1 is 1.11 bits per heavy atom. The van der Waals surface area contributed by atoms with Gasteiger partial charge in [0, 0.05) is 10.6 Å². The van der Waals surface area contributed by atoms with Crippen molar-refractivity contribution in [3.8, 4) is 23.4 Å². The maximum Gasteiger partial charge on any atom is 0.102 e. The summed E-state index contributed by atoms with van der Waals surface area (Å²) in [6, 6.07) is 12.8. The van der Waals surface area contributed by atoms with Crippen molar-refractivity contribution >= 4 is 11.6 Å². The van der Waals surface area contributed by atoms with Crippen LogP contribution in [-0.4, -0.2) is 4.98 Å². The van der Waals surface area contributed by atoms with Gasteiger partial charge in [0.15, 0.2) is 0 Å². The molecule has 3 nitrogen and oxygen atoms in total. The van der Waals surface area contributed by atoms with Crippen molar-refractivity contribution in [3.63, 3.8) is 0 Å². The third-order valence-corrected chi connectivity index (χ3v) is 2.82. The van der Waals surface area contributed by atoms with E-state index in [-0.39, 0.29) is 0 Å². The first-order valence-electron chi connectivity index (χ1n) is 5.23. The Bertz CT molecular complexity index is 676. The number of nitrogens with zero attached hydrogens (tertiary/aromatic N) is 3. The van der Waals surface area contributed by atoms with Gasteiger partial charge in [-0.25, -0.2) is 0 Å². The number of hydrogen-bond donors (Lipinski definition) is 0. The van der Waals surface area contributed by atoms with Gasteiger partial charge in [0.2, 0.25) is 0 Å². The minimum absolute atomic E-state index is 0.329. The predicted octanol–water partition coefficient (Wildman–Crippen LogP) is 3.45. The van der Waals surface area contributed by atoms with Crippen LogP contribution < -0.4 is 0 Å². The maximum atomic E-state index is 9.04. The van der Waals surface area contributed by atoms with Gasteiger partial charge in [-0.15, -0.1) is 0 Å². The second-order valence-electron chi connectivity index (χ2n) is 3.75. The number of pyridine rings is 1. The van der Waals surface area contributed by atoms with Crippen LogP contribution >= 0.6 is 11.6 Å². The number of rotatable bonds is 1. The summed E-state index contributed by atoms with van der Waals surface area (Å²) in [6.45, 7) is 1.72. The van der Waals surface area contributed by atoms with E-state index in [1.54, 1.807) is 25.1 Å². The molecule has 0 bridgehead atoms. The van der Waals surface area contributed by atoms with Crippen LogP contribution in [0.2, 0.25) is 5.02 Å². The Kier molecular flexibility index (Phi) is 3.28. The molecule has 0 fully saturated rings. The van der Waals surface area contributed by atoms with E-state index < -0.39 is 0 Å². The summed E-state index contributed by atoms with van der Waals surface area (Å²) in [7, 11) is 0. The van der Waals surface area contributed by atoms with Gasteiger partial charge in [0.25, 0.3) is 0 Å². The quantitative estimate of drug-likeness (QED) is 0.782. The number of nitriles is 2. The van der Waals surface area contributed by atoms with E-state index >= 15 is 0 Å². The molecule has 2 aromatic rings. The van der Waals surface area contributed by atoms with Crippen LogP contribution in [0, 0.1) is 29.6 Å². The zero-order valence-corrected chi connectivity index (χ0v) is 10.4. The molecular weight excluding hydrogens is 246 g/mol. The van der Waals surface area contributed by atoms with Crippen molar-refractivity contribution < 1.29 is 0 Å². The highest BCUT2D eigenvalue weighted by Gasteiger charge is 2.10. The normalized spacial score (nSPS) is 9.56. The van der Waals surface area contributed by atoms with E-state index in [4.69, 9.17) is 22.1 Å². The first-order valence-corrected chi connectivity index (χ1v) is 5.61. The number of benzene rings is 1. The van der Waals surface area contributed by atoms with Gasteiger partial charge >= 0.3 is 0 Å². The minimum Gasteiger partial charge on any atom is -0.252 e. The molecule has 18 heavy (non-hydrogen) atoms. The largest absolute Gasteiger partial charge is 0.252 e. The molecule has 1 aromatic heterocycles. The van der Waals surface area contributed by atoms with Crippen molar-refractivity contribution in [2.45, 2.75) is 6.92 Å². The molecule has 1 heterocycles. The third-order valence-electron chi connectivity index (χ3n) is 2.57. The number of aromatic nitrogens is 1. The fourth-order valence-electron chi connectivity index (χ4n) is 1.67. The highest BCUT2D eigenvalue weighted by molar-refractivity contribution is 6.30. The van der Waals surface area contributed by atoms with Crippen molar-refractivity contribution in [1.29, 1.82) is 10.5 Å². The summed E-state index contributed by atoms with van der Waals surface area (Å²) in [5, 5.41) is 18.7. The summed E-state index contributed by atoms with van der Waals surface area (Å²) in [6.07, 6.45) is 0. The van der Waals surface area contributed by atoms with E-state index in [9.17, 15) is 0 Å². The van der Waals surface area contributed by atoms with Crippen LogP contribution in [0.25, 0.3) is 11.3 Å². The van der Waals surface area contributed by atoms with Crippen molar-refractivity contribution in [1.82, 2.24) is 4.98 Å². The Hall–Kier alpha value is -2.36. The van der Waals surface area contributed by atoms with Gasteiger partial charge in [-0.05, 0) is 25.1 Å². The molecule has 0 N–H and O–H groups in total. The van der Waals surface area contributed by atoms with Gasteiger partial charge < -0.3 is 0 Å². The molecule has 0 atom stereocenters. The molecule has 0 saturated carbocycles. The summed E-state index contributed by atoms with van der Waals surface area (Å²) in [5.41, 5.74) is 2.76. The lowest BCUT2D eigenvalue weighted by molar-refractivity contribution is 1.17. The molecule has 0 saturated heterocycles. The van der Waals surface area contributed by atoms with Crippen LogP contribution in [0.3, 0.4) is 0 Å². The molecule has 0 unspecified atom stereocenters. The molecule has 0 spiro atoms. The highest BCUT2D eigenvalue weighted by atomic mass is 35.5. The molecular formula is C14H8ClN3. The van der Waals surface area contributed by atoms with E-state index in [0.29, 0.717) is 27.5 Å². The molecule has 0 aliphatic carbocycles. The summed E-state index contributed by atoms with van der Waals surface area (Å²) >= 11 is 5.82. The SMILES string of the molecule is Cc1nc(-c2ccc(Cl)cc2)cc(C#N)c1C#N. The van der Waals surface area contributed by atoms with Crippen LogP contribution in [0.5, 0.6) is 0 Å². The second kappa shape index (κ2) is 4.87. The summed E-state index contributed by atoms with van der Waals surface area (Å²) < 4.78 is 0. The minimum atomic E-state index is 0.329. The predicted molar refractivity (Wildman–Crippen MR) is 68.9 cm³/mol. The molecule has 4 heteroatoms. The van der Waals surface area contributed by atoms with Gasteiger partial charge in [0.05, 0.1) is 22.5 Å². The van der Waals surface area contributed by atoms with Crippen LogP contribution in [0.4, 0.5) is 0 Å². The van der Waals surface area contributed by atoms with Gasteiger partial charge in [0.1, 0.15) is 12.1 Å². The Morgan fingerprint density at radius 2 is 1.78 bits per heavy atom. The van der Waals surface area contributed by atoms with Crippen molar-refractivity contribution in [3.05, 3.63) is 52.2 Å². The van der Waals surface area contributed by atoms with E-state index in [2.05, 4.69) is 4.98 Å². The average Bonchev–Trinajstić information content (AvgIpc) is 2.38. The number of halogens is 1.